The molecule has 8 nitrogen and oxygen atoms in total. The smallest absolute Gasteiger partial charge is 0.464 e. The van der Waals surface area contributed by atoms with Crippen molar-refractivity contribution in [2.24, 2.45) is 17.3 Å². The summed E-state index contributed by atoms with van der Waals surface area (Å²) in [6.45, 7) is 8.49. The van der Waals surface area contributed by atoms with Crippen LogP contribution in [0.2, 0.25) is 0 Å². The van der Waals surface area contributed by atoms with Gasteiger partial charge in [-0.3, -0.25) is 0 Å². The average molecular weight is 592 g/mol. The topological polar surface area (TPSA) is 96.2 Å². The van der Waals surface area contributed by atoms with Crippen molar-refractivity contribution in [2.45, 2.75) is 82.1 Å². The lowest BCUT2D eigenvalue weighted by Crippen LogP contribution is -2.65. The Balaban J connectivity index is 1.08. The quantitative estimate of drug-likeness (QED) is 0.392. The molecule has 9 rings (SSSR count). The van der Waals surface area contributed by atoms with E-state index in [1.165, 1.54) is 0 Å². The molecule has 222 valence electrons. The highest BCUT2D eigenvalue weighted by molar-refractivity contribution is 7.88. The van der Waals surface area contributed by atoms with Crippen LogP contribution in [0.1, 0.15) is 62.3 Å². The van der Waals surface area contributed by atoms with Gasteiger partial charge in [0.15, 0.2) is 0 Å². The molecule has 0 amide bonds. The monoisotopic (exact) mass is 591 g/mol. The Bertz CT molecular complexity index is 1650. The number of hydrogen-bond acceptors (Lipinski definition) is 7. The molecule has 4 heterocycles. The van der Waals surface area contributed by atoms with Gasteiger partial charge in [0.25, 0.3) is 0 Å². The summed E-state index contributed by atoms with van der Waals surface area (Å²) in [5.74, 6) is 0.218. The van der Waals surface area contributed by atoms with Crippen molar-refractivity contribution in [2.75, 3.05) is 13.2 Å². The van der Waals surface area contributed by atoms with Crippen molar-refractivity contribution in [3.8, 4) is 0 Å². The van der Waals surface area contributed by atoms with Crippen LogP contribution in [-0.2, 0) is 53.2 Å². The minimum Gasteiger partial charge on any atom is -0.464 e. The van der Waals surface area contributed by atoms with Gasteiger partial charge in [0, 0.05) is 18.4 Å². The largest absolute Gasteiger partial charge is 0.477 e. The minimum atomic E-state index is -3.77. The van der Waals surface area contributed by atoms with E-state index in [1.54, 1.807) is 6.26 Å². The summed E-state index contributed by atoms with van der Waals surface area (Å²) < 4.78 is 61.7. The molecule has 10 heteroatoms. The molecule has 2 unspecified atom stereocenters. The number of hydrogen-bond donors (Lipinski definition) is 1. The van der Waals surface area contributed by atoms with Crippen molar-refractivity contribution in [1.29, 1.82) is 0 Å². The second-order valence-electron chi connectivity index (χ2n) is 13.9. The maximum Gasteiger partial charge on any atom is 0.477 e. The molecule has 3 aromatic rings. The number of nitrogens with one attached hydrogen (secondary N) is 1. The Morgan fingerprint density at radius 3 is 2.79 bits per heavy atom. The Kier molecular flexibility index (Phi) is 6.12. The summed E-state index contributed by atoms with van der Waals surface area (Å²) in [6.07, 6.45) is 4.91. The second kappa shape index (κ2) is 9.40. The number of fused-ring (bicyclic) bond motifs is 3. The van der Waals surface area contributed by atoms with E-state index in [2.05, 4.69) is 25.5 Å². The lowest BCUT2D eigenvalue weighted by molar-refractivity contribution is -0.199. The van der Waals surface area contributed by atoms with E-state index >= 15 is 0 Å². The van der Waals surface area contributed by atoms with E-state index in [9.17, 15) is 8.42 Å². The third-order valence-electron chi connectivity index (χ3n) is 11.1. The third-order valence-corrected chi connectivity index (χ3v) is 12.5. The molecule has 42 heavy (non-hydrogen) atoms. The van der Waals surface area contributed by atoms with E-state index in [-0.39, 0.29) is 17.3 Å². The Morgan fingerprint density at radius 2 is 1.98 bits per heavy atom. The van der Waals surface area contributed by atoms with E-state index in [0.29, 0.717) is 38.1 Å². The van der Waals surface area contributed by atoms with Crippen LogP contribution in [-0.4, -0.2) is 46.4 Å². The van der Waals surface area contributed by atoms with E-state index in [4.69, 9.17) is 23.2 Å². The number of para-hydroxylation sites is 1. The van der Waals surface area contributed by atoms with Crippen LogP contribution in [0.3, 0.4) is 0 Å². The van der Waals surface area contributed by atoms with Gasteiger partial charge in [0.2, 0.25) is 10.0 Å². The molecule has 1 spiro atoms. The average Bonchev–Trinajstić information content (AvgIpc) is 3.74. The first kappa shape index (κ1) is 27.4. The van der Waals surface area contributed by atoms with Crippen molar-refractivity contribution < 1.29 is 31.6 Å². The Morgan fingerprint density at radius 1 is 1.12 bits per heavy atom. The Labute approximate surface area is 247 Å². The first-order valence-corrected chi connectivity index (χ1v) is 16.8. The fourth-order valence-corrected chi connectivity index (χ4v) is 9.97. The summed E-state index contributed by atoms with van der Waals surface area (Å²) >= 11 is 0. The van der Waals surface area contributed by atoms with Crippen LogP contribution in [0, 0.1) is 17.3 Å². The second-order valence-corrected chi connectivity index (χ2v) is 15.6. The van der Waals surface area contributed by atoms with E-state index in [0.717, 1.165) is 52.5 Å². The van der Waals surface area contributed by atoms with E-state index in [1.807, 2.05) is 42.5 Å². The van der Waals surface area contributed by atoms with Crippen molar-refractivity contribution in [3.05, 3.63) is 71.0 Å². The number of ether oxygens (including phenoxy) is 2. The van der Waals surface area contributed by atoms with Crippen molar-refractivity contribution >= 4 is 28.1 Å². The summed E-state index contributed by atoms with van der Waals surface area (Å²) in [4.78, 5) is 0. The highest BCUT2D eigenvalue weighted by Crippen LogP contribution is 2.65. The van der Waals surface area contributed by atoms with Crippen LogP contribution in [0.4, 0.5) is 0 Å². The fourth-order valence-electron chi connectivity index (χ4n) is 8.61. The predicted molar refractivity (Wildman–Crippen MR) is 158 cm³/mol. The first-order chi connectivity index (χ1) is 20.1. The molecule has 6 aliphatic rings. The molecular formula is C32H38BNO7S. The van der Waals surface area contributed by atoms with Crippen LogP contribution < -0.4 is 4.72 Å². The number of benzene rings is 2. The normalized spacial score (nSPS) is 33.6. The van der Waals surface area contributed by atoms with Gasteiger partial charge in [-0.2, -0.15) is 0 Å². The third kappa shape index (κ3) is 4.17. The van der Waals surface area contributed by atoms with Gasteiger partial charge in [-0.05, 0) is 71.8 Å². The molecule has 3 aliphatic heterocycles. The molecule has 0 radical (unpaired) electrons. The highest BCUT2D eigenvalue weighted by Gasteiger charge is 2.68. The highest BCUT2D eigenvalue weighted by atomic mass is 32.2. The van der Waals surface area contributed by atoms with Gasteiger partial charge in [-0.1, -0.05) is 50.2 Å². The maximum atomic E-state index is 13.8. The van der Waals surface area contributed by atoms with Crippen molar-refractivity contribution in [3.63, 3.8) is 0 Å². The molecule has 2 bridgehead atoms. The van der Waals surface area contributed by atoms with E-state index < -0.39 is 34.3 Å². The fraction of sp³-hybridized carbons (Fsp3) is 0.562. The molecule has 5 fully saturated rings. The summed E-state index contributed by atoms with van der Waals surface area (Å²) in [5, 5.41) is 0.967. The van der Waals surface area contributed by atoms with Gasteiger partial charge >= 0.3 is 7.12 Å². The number of rotatable bonds is 7. The molecule has 2 saturated heterocycles. The SMILES string of the molecule is CC1(C)[C@@H]2C[C@H]3OB(C(Cc4coc5ccccc45)NS(=O)(=O)Cc4ccc5c(c4)C4(CCOC4)OC5)O[C@@]3(C)[C@H]1C2. The van der Waals surface area contributed by atoms with Gasteiger partial charge in [-0.15, -0.1) is 0 Å². The number of furan rings is 1. The lowest BCUT2D eigenvalue weighted by Gasteiger charge is -2.64. The minimum absolute atomic E-state index is 0.0473. The van der Waals surface area contributed by atoms with Crippen LogP contribution >= 0.6 is 0 Å². The predicted octanol–water partition coefficient (Wildman–Crippen LogP) is 4.88. The van der Waals surface area contributed by atoms with Crippen molar-refractivity contribution in [1.82, 2.24) is 4.72 Å². The van der Waals surface area contributed by atoms with Gasteiger partial charge < -0.3 is 23.2 Å². The van der Waals surface area contributed by atoms with Crippen LogP contribution in [0.15, 0.2) is 53.1 Å². The zero-order valence-electron chi connectivity index (χ0n) is 24.4. The summed E-state index contributed by atoms with van der Waals surface area (Å²) in [5.41, 5.74) is 3.87. The molecule has 1 aromatic heterocycles. The molecule has 3 aliphatic carbocycles. The number of sulfonamides is 1. The van der Waals surface area contributed by atoms with Crippen LogP contribution in [0.5, 0.6) is 0 Å². The summed E-state index contributed by atoms with van der Waals surface area (Å²) in [7, 11) is -4.47. The first-order valence-electron chi connectivity index (χ1n) is 15.2. The van der Waals surface area contributed by atoms with Crippen LogP contribution in [0.25, 0.3) is 11.0 Å². The van der Waals surface area contributed by atoms with Gasteiger partial charge in [0.05, 0.1) is 42.9 Å². The molecule has 1 N–H and O–H groups in total. The maximum absolute atomic E-state index is 13.8. The molecular weight excluding hydrogens is 553 g/mol. The molecule has 2 aromatic carbocycles. The zero-order valence-corrected chi connectivity index (χ0v) is 25.2. The van der Waals surface area contributed by atoms with Gasteiger partial charge in [0.1, 0.15) is 11.2 Å². The lowest BCUT2D eigenvalue weighted by atomic mass is 9.43. The summed E-state index contributed by atoms with van der Waals surface area (Å²) in [6, 6.07) is 13.7. The zero-order chi connectivity index (χ0) is 28.9. The standard InChI is InChI=1S/C32H38BNO7S/c1-30(2)23-14-27(30)31(3)28(15-23)40-33(41-31)29(13-22-16-38-26-7-5-4-6-24(22)26)34-42(35,36)18-20-8-9-21-17-39-32(25(21)12-20)10-11-37-19-32/h4-9,12,16,23,27-29,34H,10-11,13-15,17-19H2,1-3H3/t23-,27-,28+,29?,31-,32?/m0/s1. The molecule has 3 saturated carbocycles. The Hall–Kier alpha value is -2.21. The van der Waals surface area contributed by atoms with Gasteiger partial charge in [-0.25, -0.2) is 13.1 Å². The molecule has 6 atom stereocenters.